The number of carbonyl (C=O) groups excluding carboxylic acids is 2. The van der Waals surface area contributed by atoms with Gasteiger partial charge in [0.05, 0.1) is 6.10 Å². The van der Waals surface area contributed by atoms with Crippen LogP contribution >= 0.6 is 0 Å². The zero-order valence-electron chi connectivity index (χ0n) is 13.2. The number of likely N-dealkylation sites (tertiary alicyclic amines) is 1. The molecule has 2 aliphatic heterocycles. The quantitative estimate of drug-likeness (QED) is 0.777. The average Bonchev–Trinajstić information content (AvgIpc) is 2.82. The van der Waals surface area contributed by atoms with Gasteiger partial charge >= 0.3 is 0 Å². The fraction of sp³-hybridized carbons (Fsp3) is 0.875. The van der Waals surface area contributed by atoms with Gasteiger partial charge in [-0.3, -0.25) is 9.59 Å². The maximum Gasteiger partial charge on any atom is 0.224 e. The molecule has 0 radical (unpaired) electrons. The Bertz CT molecular complexity index is 345. The molecule has 120 valence electrons. The molecule has 2 saturated heterocycles. The molecular formula is C16H28N2O3. The van der Waals surface area contributed by atoms with Crippen molar-refractivity contribution >= 4 is 11.8 Å². The predicted molar refractivity (Wildman–Crippen MR) is 80.9 cm³/mol. The lowest BCUT2D eigenvalue weighted by atomic mass is 10.2. The van der Waals surface area contributed by atoms with E-state index in [4.69, 9.17) is 4.74 Å². The number of rotatable bonds is 5. The van der Waals surface area contributed by atoms with Gasteiger partial charge in [0.15, 0.2) is 0 Å². The minimum atomic E-state index is 0.0363. The molecule has 2 rings (SSSR count). The van der Waals surface area contributed by atoms with Crippen molar-refractivity contribution in [3.8, 4) is 0 Å². The summed E-state index contributed by atoms with van der Waals surface area (Å²) in [5.41, 5.74) is 0. The van der Waals surface area contributed by atoms with Crippen LogP contribution in [0.1, 0.15) is 51.9 Å². The highest BCUT2D eigenvalue weighted by molar-refractivity contribution is 5.78. The number of amides is 2. The molecule has 0 bridgehead atoms. The van der Waals surface area contributed by atoms with Gasteiger partial charge in [0, 0.05) is 46.1 Å². The molecule has 5 heteroatoms. The van der Waals surface area contributed by atoms with Crippen LogP contribution in [0.4, 0.5) is 0 Å². The molecule has 1 unspecified atom stereocenters. The van der Waals surface area contributed by atoms with Gasteiger partial charge in [0.1, 0.15) is 0 Å². The van der Waals surface area contributed by atoms with Crippen LogP contribution in [0, 0.1) is 0 Å². The van der Waals surface area contributed by atoms with Gasteiger partial charge in [0.2, 0.25) is 11.8 Å². The third-order valence-corrected chi connectivity index (χ3v) is 4.45. The van der Waals surface area contributed by atoms with Crippen molar-refractivity contribution in [3.05, 3.63) is 0 Å². The van der Waals surface area contributed by atoms with Gasteiger partial charge in [-0.1, -0.05) is 12.8 Å². The van der Waals surface area contributed by atoms with Crippen molar-refractivity contribution in [3.63, 3.8) is 0 Å². The molecule has 2 aliphatic rings. The van der Waals surface area contributed by atoms with E-state index in [1.807, 2.05) is 4.90 Å². The molecule has 1 atom stereocenters. The Balaban J connectivity index is 1.77. The summed E-state index contributed by atoms with van der Waals surface area (Å²) in [7, 11) is 0. The maximum absolute atomic E-state index is 12.3. The fourth-order valence-corrected chi connectivity index (χ4v) is 3.12. The lowest BCUT2D eigenvalue weighted by Crippen LogP contribution is -2.40. The molecule has 0 aromatic carbocycles. The summed E-state index contributed by atoms with van der Waals surface area (Å²) in [4.78, 5) is 27.7. The van der Waals surface area contributed by atoms with Gasteiger partial charge in [-0.2, -0.15) is 0 Å². The van der Waals surface area contributed by atoms with Gasteiger partial charge in [-0.05, 0) is 25.7 Å². The van der Waals surface area contributed by atoms with E-state index in [-0.39, 0.29) is 17.9 Å². The van der Waals surface area contributed by atoms with Crippen LogP contribution in [-0.2, 0) is 14.3 Å². The largest absolute Gasteiger partial charge is 0.376 e. The molecule has 0 spiro atoms. The Morgan fingerprint density at radius 3 is 2.43 bits per heavy atom. The van der Waals surface area contributed by atoms with Crippen LogP contribution in [0.3, 0.4) is 0 Å². The lowest BCUT2D eigenvalue weighted by molar-refractivity contribution is -0.134. The summed E-state index contributed by atoms with van der Waals surface area (Å²) in [6.07, 6.45) is 7.35. The number of hydrogen-bond acceptors (Lipinski definition) is 3. The molecule has 0 aliphatic carbocycles. The molecule has 21 heavy (non-hydrogen) atoms. The summed E-state index contributed by atoms with van der Waals surface area (Å²) in [6, 6.07) is 0. The summed E-state index contributed by atoms with van der Waals surface area (Å²) in [5, 5.41) is 0. The van der Waals surface area contributed by atoms with Crippen LogP contribution in [0.5, 0.6) is 0 Å². The van der Waals surface area contributed by atoms with E-state index in [1.54, 1.807) is 11.8 Å². The number of ether oxygens (including phenoxy) is 1. The highest BCUT2D eigenvalue weighted by atomic mass is 16.5. The summed E-state index contributed by atoms with van der Waals surface area (Å²) < 4.78 is 5.58. The summed E-state index contributed by atoms with van der Waals surface area (Å²) in [6.45, 7) is 5.27. The van der Waals surface area contributed by atoms with E-state index < -0.39 is 0 Å². The van der Waals surface area contributed by atoms with Gasteiger partial charge in [0.25, 0.3) is 0 Å². The van der Waals surface area contributed by atoms with Gasteiger partial charge < -0.3 is 14.5 Å². The highest BCUT2D eigenvalue weighted by Crippen LogP contribution is 2.14. The van der Waals surface area contributed by atoms with Crippen LogP contribution in [0.15, 0.2) is 0 Å². The molecule has 2 amide bonds. The van der Waals surface area contributed by atoms with Crippen LogP contribution < -0.4 is 0 Å². The Morgan fingerprint density at radius 1 is 1.14 bits per heavy atom. The Hall–Kier alpha value is -1.10. The first-order valence-electron chi connectivity index (χ1n) is 8.31. The third-order valence-electron chi connectivity index (χ3n) is 4.45. The maximum atomic E-state index is 12.3. The lowest BCUT2D eigenvalue weighted by Gasteiger charge is -2.26. The van der Waals surface area contributed by atoms with Crippen LogP contribution in [0.2, 0.25) is 0 Å². The van der Waals surface area contributed by atoms with Crippen molar-refractivity contribution in [1.82, 2.24) is 9.80 Å². The fourth-order valence-electron chi connectivity index (χ4n) is 3.12. The molecule has 2 fully saturated rings. The van der Waals surface area contributed by atoms with Gasteiger partial charge in [-0.15, -0.1) is 0 Å². The second kappa shape index (κ2) is 8.37. The SMILES string of the molecule is CC(=O)N(CCC(=O)N1CCCCCC1)CC1CCCO1. The second-order valence-corrected chi connectivity index (χ2v) is 6.15. The van der Waals surface area contributed by atoms with E-state index >= 15 is 0 Å². The number of hydrogen-bond donors (Lipinski definition) is 0. The molecular weight excluding hydrogens is 268 g/mol. The topological polar surface area (TPSA) is 49.9 Å². The van der Waals surface area contributed by atoms with E-state index in [0.29, 0.717) is 19.5 Å². The van der Waals surface area contributed by atoms with Crippen molar-refractivity contribution in [2.75, 3.05) is 32.8 Å². The van der Waals surface area contributed by atoms with E-state index in [0.717, 1.165) is 45.4 Å². The number of carbonyl (C=O) groups is 2. The van der Waals surface area contributed by atoms with Gasteiger partial charge in [-0.25, -0.2) is 0 Å². The van der Waals surface area contributed by atoms with Crippen molar-refractivity contribution in [2.45, 2.75) is 58.0 Å². The molecule has 0 saturated carbocycles. The van der Waals surface area contributed by atoms with Crippen LogP contribution in [0.25, 0.3) is 0 Å². The van der Waals surface area contributed by atoms with Crippen molar-refractivity contribution < 1.29 is 14.3 Å². The smallest absolute Gasteiger partial charge is 0.224 e. The molecule has 2 heterocycles. The summed E-state index contributed by atoms with van der Waals surface area (Å²) >= 11 is 0. The second-order valence-electron chi connectivity index (χ2n) is 6.15. The molecule has 0 aromatic heterocycles. The Kier molecular flexibility index (Phi) is 6.49. The Morgan fingerprint density at radius 2 is 1.86 bits per heavy atom. The molecule has 0 aromatic rings. The normalized spacial score (nSPS) is 22.9. The average molecular weight is 296 g/mol. The first-order chi connectivity index (χ1) is 10.2. The van der Waals surface area contributed by atoms with Crippen molar-refractivity contribution in [2.24, 2.45) is 0 Å². The van der Waals surface area contributed by atoms with E-state index in [1.165, 1.54) is 12.8 Å². The van der Waals surface area contributed by atoms with Crippen LogP contribution in [-0.4, -0.2) is 60.5 Å². The first-order valence-corrected chi connectivity index (χ1v) is 8.31. The third kappa shape index (κ3) is 5.30. The Labute approximate surface area is 127 Å². The summed E-state index contributed by atoms with van der Waals surface area (Å²) in [5.74, 6) is 0.227. The number of nitrogens with zero attached hydrogens (tertiary/aromatic N) is 2. The monoisotopic (exact) mass is 296 g/mol. The zero-order valence-corrected chi connectivity index (χ0v) is 13.2. The van der Waals surface area contributed by atoms with E-state index in [9.17, 15) is 9.59 Å². The zero-order chi connectivity index (χ0) is 15.1. The van der Waals surface area contributed by atoms with Crippen molar-refractivity contribution in [1.29, 1.82) is 0 Å². The van der Waals surface area contributed by atoms with E-state index in [2.05, 4.69) is 0 Å². The minimum absolute atomic E-state index is 0.0363. The minimum Gasteiger partial charge on any atom is -0.376 e. The predicted octanol–water partition coefficient (Wildman–Crippen LogP) is 1.81. The molecule has 5 nitrogen and oxygen atoms in total. The first kappa shape index (κ1) is 16.3. The standard InChI is InChI=1S/C16H28N2O3/c1-14(19)18(13-15-7-6-12-21-15)11-8-16(20)17-9-4-2-3-5-10-17/h15H,2-13H2,1H3. The molecule has 0 N–H and O–H groups in total. The highest BCUT2D eigenvalue weighted by Gasteiger charge is 2.22.